The van der Waals surface area contributed by atoms with E-state index < -0.39 is 17.6 Å². The van der Waals surface area contributed by atoms with Gasteiger partial charge in [-0.25, -0.2) is 13.6 Å². The number of ether oxygens (including phenoxy) is 2. The van der Waals surface area contributed by atoms with E-state index in [1.54, 1.807) is 10.6 Å². The molecule has 1 aliphatic heterocycles. The van der Waals surface area contributed by atoms with E-state index in [0.717, 1.165) is 23.3 Å². The molecule has 0 fully saturated rings. The summed E-state index contributed by atoms with van der Waals surface area (Å²) in [6.45, 7) is 0.419. The third-order valence-electron chi connectivity index (χ3n) is 5.01. The molecule has 0 saturated heterocycles. The highest BCUT2D eigenvalue weighted by Crippen LogP contribution is 2.44. The first-order valence-corrected chi connectivity index (χ1v) is 8.62. The molecule has 2 heterocycles. The van der Waals surface area contributed by atoms with Gasteiger partial charge in [0.1, 0.15) is 17.3 Å². The maximum atomic E-state index is 14.5. The number of aryl methyl sites for hydroxylation is 1. The van der Waals surface area contributed by atoms with Gasteiger partial charge in [0.2, 0.25) is 0 Å². The molecule has 0 amide bonds. The van der Waals surface area contributed by atoms with E-state index in [9.17, 15) is 18.7 Å². The van der Waals surface area contributed by atoms with Gasteiger partial charge in [-0.05, 0) is 42.3 Å². The molecule has 1 N–H and O–H groups in total. The fraction of sp³-hybridized carbons (Fsp3) is 0.190. The summed E-state index contributed by atoms with van der Waals surface area (Å²) in [6.07, 6.45) is 0.586. The summed E-state index contributed by atoms with van der Waals surface area (Å²) < 4.78 is 40.3. The molecule has 144 valence electrons. The van der Waals surface area contributed by atoms with Crippen molar-refractivity contribution in [2.75, 3.05) is 14.2 Å². The molecule has 0 bridgehead atoms. The molecule has 2 aromatic carbocycles. The molecule has 7 heteroatoms. The molecule has 0 unspecified atom stereocenters. The van der Waals surface area contributed by atoms with E-state index in [1.807, 2.05) is 6.07 Å². The van der Waals surface area contributed by atoms with Crippen LogP contribution in [-0.4, -0.2) is 29.9 Å². The minimum Gasteiger partial charge on any atom is -0.493 e. The minimum absolute atomic E-state index is 0.0501. The molecule has 0 atom stereocenters. The number of carboxylic acid groups (broad SMARTS) is 1. The lowest BCUT2D eigenvalue weighted by Gasteiger charge is -2.23. The van der Waals surface area contributed by atoms with Gasteiger partial charge >= 0.3 is 5.97 Å². The number of aromatic carboxylic acids is 1. The number of hydrogen-bond donors (Lipinski definition) is 1. The van der Waals surface area contributed by atoms with Crippen molar-refractivity contribution in [1.82, 2.24) is 4.57 Å². The van der Waals surface area contributed by atoms with Crippen molar-refractivity contribution in [3.05, 3.63) is 59.3 Å². The van der Waals surface area contributed by atoms with Crippen molar-refractivity contribution in [3.63, 3.8) is 0 Å². The molecule has 28 heavy (non-hydrogen) atoms. The minimum atomic E-state index is -1.11. The van der Waals surface area contributed by atoms with Gasteiger partial charge in [0.25, 0.3) is 0 Å². The molecule has 0 spiro atoms. The van der Waals surface area contributed by atoms with Crippen LogP contribution < -0.4 is 9.47 Å². The summed E-state index contributed by atoms with van der Waals surface area (Å²) >= 11 is 0. The summed E-state index contributed by atoms with van der Waals surface area (Å²) in [5, 5.41) is 9.63. The Morgan fingerprint density at radius 2 is 1.71 bits per heavy atom. The number of fused-ring (bicyclic) bond motifs is 3. The number of methoxy groups -OCH3 is 2. The Morgan fingerprint density at radius 3 is 2.36 bits per heavy atom. The summed E-state index contributed by atoms with van der Waals surface area (Å²) in [7, 11) is 3.05. The predicted octanol–water partition coefficient (Wildman–Crippen LogP) is 4.37. The second-order valence-electron chi connectivity index (χ2n) is 6.49. The largest absolute Gasteiger partial charge is 0.493 e. The average Bonchev–Trinajstić information content (AvgIpc) is 3.07. The Morgan fingerprint density at radius 1 is 1.00 bits per heavy atom. The number of carbonyl (C=O) groups is 1. The third-order valence-corrected chi connectivity index (χ3v) is 5.01. The van der Waals surface area contributed by atoms with E-state index >= 15 is 0 Å². The van der Waals surface area contributed by atoms with Crippen molar-refractivity contribution in [2.45, 2.75) is 13.0 Å². The molecule has 0 radical (unpaired) electrons. The molecule has 3 aromatic rings. The standard InChI is InChI=1S/C21H17F2NO4/c1-27-18-7-11-5-6-24-17(21(25)26)9-15(13-4-3-12(22)8-16(13)23)20(24)14(11)10-19(18)28-2/h3-4,7-10H,5-6H2,1-2H3,(H,25,26). The van der Waals surface area contributed by atoms with Gasteiger partial charge in [-0.1, -0.05) is 0 Å². The van der Waals surface area contributed by atoms with Crippen molar-refractivity contribution in [1.29, 1.82) is 0 Å². The van der Waals surface area contributed by atoms with Crippen LogP contribution >= 0.6 is 0 Å². The third kappa shape index (κ3) is 2.70. The van der Waals surface area contributed by atoms with Crippen LogP contribution in [0.4, 0.5) is 8.78 Å². The van der Waals surface area contributed by atoms with Crippen LogP contribution in [0.3, 0.4) is 0 Å². The van der Waals surface area contributed by atoms with E-state index in [2.05, 4.69) is 0 Å². The van der Waals surface area contributed by atoms with Gasteiger partial charge in [-0.3, -0.25) is 0 Å². The Bertz CT molecular complexity index is 1100. The maximum absolute atomic E-state index is 14.5. The Kier molecular flexibility index (Phi) is 4.30. The molecular weight excluding hydrogens is 368 g/mol. The van der Waals surface area contributed by atoms with Crippen LogP contribution in [0, 0.1) is 11.6 Å². The van der Waals surface area contributed by atoms with Crippen LogP contribution in [0.15, 0.2) is 36.4 Å². The summed E-state index contributed by atoms with van der Waals surface area (Å²) in [4.78, 5) is 11.8. The van der Waals surface area contributed by atoms with Crippen molar-refractivity contribution < 1.29 is 28.2 Å². The lowest BCUT2D eigenvalue weighted by molar-refractivity contribution is 0.0685. The highest BCUT2D eigenvalue weighted by molar-refractivity contribution is 5.95. The van der Waals surface area contributed by atoms with Crippen LogP contribution in [0.25, 0.3) is 22.4 Å². The fourth-order valence-electron chi connectivity index (χ4n) is 3.74. The van der Waals surface area contributed by atoms with Crippen molar-refractivity contribution in [3.8, 4) is 33.9 Å². The summed E-state index contributed by atoms with van der Waals surface area (Å²) in [6, 6.07) is 8.30. The number of benzene rings is 2. The zero-order chi connectivity index (χ0) is 20.0. The molecule has 1 aromatic heterocycles. The highest BCUT2D eigenvalue weighted by Gasteiger charge is 2.28. The number of aromatic nitrogens is 1. The quantitative estimate of drug-likeness (QED) is 0.724. The van der Waals surface area contributed by atoms with E-state index in [0.29, 0.717) is 35.7 Å². The van der Waals surface area contributed by atoms with E-state index in [1.165, 1.54) is 26.4 Å². The zero-order valence-electron chi connectivity index (χ0n) is 15.3. The first kappa shape index (κ1) is 18.0. The number of carboxylic acids is 1. The van der Waals surface area contributed by atoms with Crippen LogP contribution in [-0.2, 0) is 13.0 Å². The monoisotopic (exact) mass is 385 g/mol. The normalized spacial score (nSPS) is 12.3. The first-order chi connectivity index (χ1) is 13.4. The van der Waals surface area contributed by atoms with Gasteiger partial charge in [-0.2, -0.15) is 0 Å². The Labute approximate surface area is 159 Å². The number of hydrogen-bond acceptors (Lipinski definition) is 3. The van der Waals surface area contributed by atoms with Crippen LogP contribution in [0.1, 0.15) is 16.1 Å². The second-order valence-corrected chi connectivity index (χ2v) is 6.49. The van der Waals surface area contributed by atoms with E-state index in [-0.39, 0.29) is 11.3 Å². The Balaban J connectivity index is 2.03. The smallest absolute Gasteiger partial charge is 0.352 e. The fourth-order valence-corrected chi connectivity index (χ4v) is 3.74. The van der Waals surface area contributed by atoms with Gasteiger partial charge in [0.15, 0.2) is 11.5 Å². The van der Waals surface area contributed by atoms with Gasteiger partial charge in [-0.15, -0.1) is 0 Å². The molecule has 0 saturated carbocycles. The van der Waals surface area contributed by atoms with Crippen LogP contribution in [0.5, 0.6) is 11.5 Å². The molecular formula is C21H17F2NO4. The highest BCUT2D eigenvalue weighted by atomic mass is 19.1. The summed E-state index contributed by atoms with van der Waals surface area (Å²) in [5.41, 5.74) is 2.81. The lowest BCUT2D eigenvalue weighted by Crippen LogP contribution is -2.16. The first-order valence-electron chi connectivity index (χ1n) is 8.62. The van der Waals surface area contributed by atoms with Crippen LogP contribution in [0.2, 0.25) is 0 Å². The van der Waals surface area contributed by atoms with Crippen molar-refractivity contribution >= 4 is 5.97 Å². The Hall–Kier alpha value is -3.35. The molecule has 4 rings (SSSR count). The van der Waals surface area contributed by atoms with E-state index in [4.69, 9.17) is 9.47 Å². The summed E-state index contributed by atoms with van der Waals surface area (Å²) in [5.74, 6) is -1.51. The van der Waals surface area contributed by atoms with Gasteiger partial charge in [0, 0.05) is 29.3 Å². The van der Waals surface area contributed by atoms with Gasteiger partial charge in [0.05, 0.1) is 19.9 Å². The lowest BCUT2D eigenvalue weighted by atomic mass is 9.93. The topological polar surface area (TPSA) is 60.7 Å². The SMILES string of the molecule is COc1cc2c(cc1OC)-c1c(-c3ccc(F)cc3F)cc(C(=O)O)n1CC2. The van der Waals surface area contributed by atoms with Crippen molar-refractivity contribution in [2.24, 2.45) is 0 Å². The predicted molar refractivity (Wildman–Crippen MR) is 99.0 cm³/mol. The zero-order valence-corrected chi connectivity index (χ0v) is 15.3. The molecule has 0 aliphatic carbocycles. The number of nitrogens with zero attached hydrogens (tertiary/aromatic N) is 1. The van der Waals surface area contributed by atoms with Gasteiger partial charge < -0.3 is 19.1 Å². The molecule has 5 nitrogen and oxygen atoms in total. The second kappa shape index (κ2) is 6.67. The number of halogens is 2. The average molecular weight is 385 g/mol. The maximum Gasteiger partial charge on any atom is 0.352 e. The molecule has 1 aliphatic rings. The number of rotatable bonds is 4.